The predicted molar refractivity (Wildman–Crippen MR) is 129 cm³/mol. The van der Waals surface area contributed by atoms with Crippen molar-refractivity contribution in [1.82, 2.24) is 24.8 Å². The number of ether oxygens (including phenoxy) is 2. The van der Waals surface area contributed by atoms with Gasteiger partial charge in [-0.1, -0.05) is 24.3 Å². The summed E-state index contributed by atoms with van der Waals surface area (Å²) in [6.07, 6.45) is 0. The largest absolute Gasteiger partial charge is 0.495 e. The van der Waals surface area contributed by atoms with Gasteiger partial charge in [-0.25, -0.2) is 0 Å². The highest BCUT2D eigenvalue weighted by Crippen LogP contribution is 2.25. The van der Waals surface area contributed by atoms with Gasteiger partial charge in [0.05, 0.1) is 25.9 Å². The average Bonchev–Trinajstić information content (AvgIpc) is 2.82. The van der Waals surface area contributed by atoms with Crippen LogP contribution < -0.4 is 20.5 Å². The zero-order valence-electron chi connectivity index (χ0n) is 19.2. The van der Waals surface area contributed by atoms with Crippen molar-refractivity contribution in [2.45, 2.75) is 20.0 Å². The molecule has 2 aromatic carbocycles. The van der Waals surface area contributed by atoms with E-state index in [0.29, 0.717) is 30.7 Å². The van der Waals surface area contributed by atoms with Crippen LogP contribution in [0.1, 0.15) is 18.3 Å². The molecule has 0 atom stereocenters. The summed E-state index contributed by atoms with van der Waals surface area (Å²) >= 11 is 0. The highest BCUT2D eigenvalue weighted by atomic mass is 16.5. The maximum Gasteiger partial charge on any atom is 0.232 e. The van der Waals surface area contributed by atoms with Gasteiger partial charge in [0.15, 0.2) is 0 Å². The maximum atomic E-state index is 5.96. The number of rotatable bonds is 9. The third kappa shape index (κ3) is 6.30. The summed E-state index contributed by atoms with van der Waals surface area (Å²) < 4.78 is 10.9. The molecule has 9 nitrogen and oxygen atoms in total. The molecule has 9 heteroatoms. The van der Waals surface area contributed by atoms with Crippen LogP contribution in [0.3, 0.4) is 0 Å². The van der Waals surface area contributed by atoms with Crippen LogP contribution in [-0.2, 0) is 13.1 Å². The molecule has 33 heavy (non-hydrogen) atoms. The number of methoxy groups -OCH3 is 1. The zero-order chi connectivity index (χ0) is 23.0. The molecule has 3 N–H and O–H groups in total. The van der Waals surface area contributed by atoms with E-state index in [9.17, 15) is 0 Å². The van der Waals surface area contributed by atoms with Gasteiger partial charge < -0.3 is 20.5 Å². The van der Waals surface area contributed by atoms with Gasteiger partial charge in [-0.2, -0.15) is 15.0 Å². The molecule has 0 aliphatic carbocycles. The molecule has 4 rings (SSSR count). The quantitative estimate of drug-likeness (QED) is 0.510. The van der Waals surface area contributed by atoms with Gasteiger partial charge in [0.2, 0.25) is 11.9 Å². The van der Waals surface area contributed by atoms with Crippen molar-refractivity contribution in [1.29, 1.82) is 0 Å². The number of aromatic nitrogens is 3. The summed E-state index contributed by atoms with van der Waals surface area (Å²) in [6, 6.07) is 16.0. The summed E-state index contributed by atoms with van der Waals surface area (Å²) in [6.45, 7) is 8.11. The fourth-order valence-corrected chi connectivity index (χ4v) is 3.85. The average molecular weight is 450 g/mol. The van der Waals surface area contributed by atoms with E-state index in [2.05, 4.69) is 42.2 Å². The van der Waals surface area contributed by atoms with Crippen molar-refractivity contribution >= 4 is 17.6 Å². The number of nitrogens with zero attached hydrogens (tertiary/aromatic N) is 5. The zero-order valence-corrected chi connectivity index (χ0v) is 19.2. The first-order valence-corrected chi connectivity index (χ1v) is 11.2. The standard InChI is InChI=1S/C24H31N7O2/c1-3-33-19-10-8-18(9-11-19)16-30-12-14-31(15-13-30)17-22-27-23(25)29-24(28-22)26-20-6-4-5-7-21(20)32-2/h4-11H,3,12-17H2,1-2H3,(H3,25,26,27,28,29). The SMILES string of the molecule is CCOc1ccc(CN2CCN(Cc3nc(N)nc(Nc4ccccc4OC)n3)CC2)cc1. The van der Waals surface area contributed by atoms with E-state index >= 15 is 0 Å². The van der Waals surface area contributed by atoms with E-state index in [0.717, 1.165) is 44.2 Å². The molecule has 1 aliphatic heterocycles. The Balaban J connectivity index is 1.32. The Bertz CT molecular complexity index is 1040. The molecule has 0 amide bonds. The number of para-hydroxylation sites is 2. The van der Waals surface area contributed by atoms with Crippen molar-refractivity contribution in [3.8, 4) is 11.5 Å². The third-order valence-corrected chi connectivity index (χ3v) is 5.52. The van der Waals surface area contributed by atoms with Gasteiger partial charge in [-0.05, 0) is 36.8 Å². The Morgan fingerprint density at radius 1 is 0.909 bits per heavy atom. The molecule has 1 aliphatic rings. The van der Waals surface area contributed by atoms with Crippen LogP contribution in [-0.4, -0.2) is 64.6 Å². The first kappa shape index (κ1) is 22.8. The van der Waals surface area contributed by atoms with Crippen LogP contribution in [0.5, 0.6) is 11.5 Å². The molecule has 1 saturated heterocycles. The molecule has 0 unspecified atom stereocenters. The maximum absolute atomic E-state index is 5.96. The van der Waals surface area contributed by atoms with Gasteiger partial charge in [0, 0.05) is 32.7 Å². The van der Waals surface area contributed by atoms with Crippen LogP contribution in [0.15, 0.2) is 48.5 Å². The molecule has 0 radical (unpaired) electrons. The van der Waals surface area contributed by atoms with E-state index in [1.165, 1.54) is 5.56 Å². The van der Waals surface area contributed by atoms with E-state index in [1.54, 1.807) is 7.11 Å². The molecule has 3 aromatic rings. The summed E-state index contributed by atoms with van der Waals surface area (Å²) in [7, 11) is 1.63. The van der Waals surface area contributed by atoms with Crippen LogP contribution in [0.4, 0.5) is 17.6 Å². The number of nitrogen functional groups attached to an aromatic ring is 1. The number of anilines is 3. The minimum atomic E-state index is 0.200. The van der Waals surface area contributed by atoms with Crippen molar-refractivity contribution in [3.63, 3.8) is 0 Å². The molecular formula is C24H31N7O2. The highest BCUT2D eigenvalue weighted by molar-refractivity contribution is 5.62. The molecule has 174 valence electrons. The normalized spacial score (nSPS) is 14.7. The number of piperazine rings is 1. The van der Waals surface area contributed by atoms with Gasteiger partial charge in [0.25, 0.3) is 0 Å². The van der Waals surface area contributed by atoms with E-state index < -0.39 is 0 Å². The minimum absolute atomic E-state index is 0.200. The Morgan fingerprint density at radius 2 is 1.61 bits per heavy atom. The Kier molecular flexibility index (Phi) is 7.54. The second kappa shape index (κ2) is 10.9. The van der Waals surface area contributed by atoms with Crippen molar-refractivity contribution in [2.24, 2.45) is 0 Å². The number of nitrogens with two attached hydrogens (primary N) is 1. The molecular weight excluding hydrogens is 418 g/mol. The van der Waals surface area contributed by atoms with Crippen molar-refractivity contribution in [2.75, 3.05) is 50.9 Å². The summed E-state index contributed by atoms with van der Waals surface area (Å²) in [5.41, 5.74) is 8.03. The van der Waals surface area contributed by atoms with Crippen LogP contribution in [0.2, 0.25) is 0 Å². The topological polar surface area (TPSA) is 102 Å². The molecule has 1 aromatic heterocycles. The molecule has 2 heterocycles. The number of hydrogen-bond acceptors (Lipinski definition) is 9. The first-order valence-electron chi connectivity index (χ1n) is 11.2. The number of nitrogens with one attached hydrogen (secondary N) is 1. The van der Waals surface area contributed by atoms with E-state index in [4.69, 9.17) is 15.2 Å². The lowest BCUT2D eigenvalue weighted by molar-refractivity contribution is 0.120. The van der Waals surface area contributed by atoms with Crippen LogP contribution in [0, 0.1) is 0 Å². The second-order valence-corrected chi connectivity index (χ2v) is 7.89. The van der Waals surface area contributed by atoms with Gasteiger partial charge in [-0.3, -0.25) is 9.80 Å². The van der Waals surface area contributed by atoms with E-state index in [-0.39, 0.29) is 5.95 Å². The Hall–Kier alpha value is -3.43. The molecule has 0 spiro atoms. The highest BCUT2D eigenvalue weighted by Gasteiger charge is 2.19. The third-order valence-electron chi connectivity index (χ3n) is 5.52. The predicted octanol–water partition coefficient (Wildman–Crippen LogP) is 2.92. The lowest BCUT2D eigenvalue weighted by Gasteiger charge is -2.34. The van der Waals surface area contributed by atoms with E-state index in [1.807, 2.05) is 43.3 Å². The first-order chi connectivity index (χ1) is 16.1. The smallest absolute Gasteiger partial charge is 0.232 e. The fraction of sp³-hybridized carbons (Fsp3) is 0.375. The molecule has 0 bridgehead atoms. The minimum Gasteiger partial charge on any atom is -0.495 e. The van der Waals surface area contributed by atoms with Crippen LogP contribution in [0.25, 0.3) is 0 Å². The van der Waals surface area contributed by atoms with Crippen LogP contribution >= 0.6 is 0 Å². The van der Waals surface area contributed by atoms with Gasteiger partial charge >= 0.3 is 0 Å². The summed E-state index contributed by atoms with van der Waals surface area (Å²) in [4.78, 5) is 17.9. The van der Waals surface area contributed by atoms with Crippen molar-refractivity contribution < 1.29 is 9.47 Å². The second-order valence-electron chi connectivity index (χ2n) is 7.89. The summed E-state index contributed by atoms with van der Waals surface area (Å²) in [5.74, 6) is 2.89. The van der Waals surface area contributed by atoms with Gasteiger partial charge in [-0.15, -0.1) is 0 Å². The van der Waals surface area contributed by atoms with Gasteiger partial charge in [0.1, 0.15) is 17.3 Å². The molecule has 0 saturated carbocycles. The van der Waals surface area contributed by atoms with Crippen molar-refractivity contribution in [3.05, 3.63) is 59.9 Å². The lowest BCUT2D eigenvalue weighted by atomic mass is 10.2. The fourth-order valence-electron chi connectivity index (χ4n) is 3.85. The molecule has 1 fully saturated rings. The lowest BCUT2D eigenvalue weighted by Crippen LogP contribution is -2.45. The number of benzene rings is 2. The monoisotopic (exact) mass is 449 g/mol. The number of hydrogen-bond donors (Lipinski definition) is 2. The Labute approximate surface area is 194 Å². The summed E-state index contributed by atoms with van der Waals surface area (Å²) in [5, 5.41) is 3.19. The Morgan fingerprint density at radius 3 is 2.30 bits per heavy atom.